The zero-order chi connectivity index (χ0) is 39.1. The van der Waals surface area contributed by atoms with Gasteiger partial charge >= 0.3 is 11.9 Å². The van der Waals surface area contributed by atoms with Crippen LogP contribution < -0.4 is 4.74 Å². The van der Waals surface area contributed by atoms with E-state index < -0.39 is 11.9 Å². The van der Waals surface area contributed by atoms with Crippen molar-refractivity contribution in [1.29, 1.82) is 0 Å². The maximum atomic E-state index is 11.4. The summed E-state index contributed by atoms with van der Waals surface area (Å²) in [4.78, 5) is 31.0. The Balaban J connectivity index is 0.000000240. The van der Waals surface area contributed by atoms with Crippen molar-refractivity contribution < 1.29 is 56.6 Å². The number of nitrogens with zero attached hydrogens (tertiary/aromatic N) is 6. The second-order valence-corrected chi connectivity index (χ2v) is 12.2. The number of carboxylic acid groups (broad SMARTS) is 2. The average molecular weight is 831 g/mol. The minimum absolute atomic E-state index is 0. The van der Waals surface area contributed by atoms with Crippen LogP contribution in [0.15, 0.2) is 94.9 Å². The van der Waals surface area contributed by atoms with Crippen LogP contribution in [-0.4, -0.2) is 76.6 Å². The van der Waals surface area contributed by atoms with Gasteiger partial charge in [0.25, 0.3) is 0 Å². The number of hydrogen-bond donors (Lipinski definition) is 5. The maximum Gasteiger partial charge on any atom is 0.337 e. The first kappa shape index (κ1) is 41.8. The topological polar surface area (TPSA) is 205 Å². The first-order valence-corrected chi connectivity index (χ1v) is 16.6. The zero-order valence-corrected chi connectivity index (χ0v) is 31.7. The van der Waals surface area contributed by atoms with E-state index in [2.05, 4.69) is 20.2 Å². The molecule has 0 bridgehead atoms. The van der Waals surface area contributed by atoms with Crippen molar-refractivity contribution in [3.8, 4) is 28.9 Å². The van der Waals surface area contributed by atoms with Gasteiger partial charge in [-0.15, -0.1) is 0 Å². The van der Waals surface area contributed by atoms with E-state index in [-0.39, 0.29) is 67.7 Å². The number of aliphatic imine (C=N–C) groups is 2. The molecule has 17 heteroatoms. The van der Waals surface area contributed by atoms with Gasteiger partial charge in [0.1, 0.15) is 5.75 Å². The largest absolute Gasteiger partial charge is 0.497 e. The quantitative estimate of drug-likeness (QED) is 0.0861. The molecule has 2 aromatic heterocycles. The predicted octanol–water partition coefficient (Wildman–Crippen LogP) is 7.48. The summed E-state index contributed by atoms with van der Waals surface area (Å²) in [5, 5.41) is 57.7. The van der Waals surface area contributed by atoms with Crippen LogP contribution in [0.3, 0.4) is 0 Å². The van der Waals surface area contributed by atoms with E-state index in [1.807, 2.05) is 0 Å². The van der Waals surface area contributed by atoms with Crippen LogP contribution >= 0.6 is 23.2 Å². The van der Waals surface area contributed by atoms with Gasteiger partial charge in [-0.05, 0) is 80.1 Å². The molecule has 55 heavy (non-hydrogen) atoms. The molecule has 0 unspecified atom stereocenters. The fraction of sp³-hybridized carbons (Fsp3) is 0.105. The second-order valence-electron chi connectivity index (χ2n) is 11.4. The summed E-state index contributed by atoms with van der Waals surface area (Å²) in [6, 6.07) is 22.9. The average Bonchev–Trinajstić information content (AvgIpc) is 3.62. The molecule has 0 spiro atoms. The number of hydrogen-bond acceptors (Lipinski definition) is 10. The minimum atomic E-state index is -1.15. The molecule has 0 aliphatic heterocycles. The normalized spacial score (nSPS) is 10.9. The van der Waals surface area contributed by atoms with Crippen LogP contribution in [0.25, 0.3) is 11.4 Å². The third-order valence-corrected chi connectivity index (χ3v) is 8.53. The molecule has 14 nitrogen and oxygen atoms in total. The Hall–Kier alpha value is -5.97. The molecular weight excluding hydrogens is 798 g/mol. The van der Waals surface area contributed by atoms with Gasteiger partial charge in [0.05, 0.1) is 80.2 Å². The van der Waals surface area contributed by atoms with E-state index in [4.69, 9.17) is 33.0 Å². The Morgan fingerprint density at radius 1 is 0.709 bits per heavy atom. The van der Waals surface area contributed by atoms with Crippen LogP contribution in [-0.2, 0) is 23.4 Å². The van der Waals surface area contributed by atoms with Crippen LogP contribution in [0.1, 0.15) is 48.8 Å². The van der Waals surface area contributed by atoms with Crippen molar-refractivity contribution in [3.63, 3.8) is 0 Å². The van der Waals surface area contributed by atoms with Gasteiger partial charge in [0, 0.05) is 29.2 Å². The number of carboxylic acids is 2. The number of aromatic carboxylic acids is 2. The summed E-state index contributed by atoms with van der Waals surface area (Å²) in [6.07, 6.45) is 2.69. The molecule has 0 fully saturated rings. The molecule has 0 saturated carbocycles. The number of carbonyl (C=O) groups is 2. The van der Waals surface area contributed by atoms with Crippen LogP contribution in [0, 0.1) is 13.8 Å². The Morgan fingerprint density at radius 2 is 1.11 bits per heavy atom. The van der Waals surface area contributed by atoms with Crippen molar-refractivity contribution in [2.24, 2.45) is 9.98 Å². The zero-order valence-electron chi connectivity index (χ0n) is 29.2. The molecule has 4 aromatic carbocycles. The number of para-hydroxylation sites is 2. The number of halogens is 2. The monoisotopic (exact) mass is 829 g/mol. The van der Waals surface area contributed by atoms with Crippen molar-refractivity contribution in [3.05, 3.63) is 134 Å². The van der Waals surface area contributed by atoms with E-state index in [9.17, 15) is 30.0 Å². The van der Waals surface area contributed by atoms with Crippen molar-refractivity contribution in [2.75, 3.05) is 7.11 Å². The number of ether oxygens (including phenoxy) is 1. The summed E-state index contributed by atoms with van der Waals surface area (Å²) in [6.45, 7) is 3.34. The van der Waals surface area contributed by atoms with Crippen LogP contribution in [0.4, 0.5) is 11.4 Å². The van der Waals surface area contributed by atoms with Crippen molar-refractivity contribution in [1.82, 2.24) is 19.6 Å². The first-order valence-electron chi connectivity index (χ1n) is 15.9. The summed E-state index contributed by atoms with van der Waals surface area (Å²) in [7, 11) is 1.57. The number of aromatic hydroxyl groups is 2. The van der Waals surface area contributed by atoms with E-state index in [1.54, 1.807) is 81.6 Å². The van der Waals surface area contributed by atoms with Gasteiger partial charge in [-0.2, -0.15) is 10.2 Å². The SMILES string of the molecule is COc1ccc(-n2nc(C)c(C=Nc3c(Cl)cccc3C(=O)O)c2O)cc1.Cc1nn(-c2ccc(CO)cc2)c(O)c1C=Nc1c(Cl)cccc1C(=O)O.[Co]. The maximum absolute atomic E-state index is 11.4. The number of aliphatic hydroxyl groups excluding tert-OH is 1. The predicted molar refractivity (Wildman–Crippen MR) is 204 cm³/mol. The molecule has 1 radical (unpaired) electrons. The summed E-state index contributed by atoms with van der Waals surface area (Å²) >= 11 is 12.1. The third-order valence-electron chi connectivity index (χ3n) is 7.92. The van der Waals surface area contributed by atoms with Gasteiger partial charge in [-0.25, -0.2) is 19.0 Å². The Morgan fingerprint density at radius 3 is 1.47 bits per heavy atom. The fourth-order valence-electron chi connectivity index (χ4n) is 5.08. The van der Waals surface area contributed by atoms with E-state index in [0.717, 1.165) is 5.56 Å². The Kier molecular flexibility index (Phi) is 14.0. The van der Waals surface area contributed by atoms with Gasteiger partial charge in [-0.1, -0.05) is 47.5 Å². The van der Waals surface area contributed by atoms with Crippen LogP contribution in [0.5, 0.6) is 17.5 Å². The molecule has 6 rings (SSSR count). The summed E-state index contributed by atoms with van der Waals surface area (Å²) in [5.74, 6) is -1.86. The number of aromatic nitrogens is 4. The molecule has 2 heterocycles. The van der Waals surface area contributed by atoms with E-state index >= 15 is 0 Å². The van der Waals surface area contributed by atoms with Gasteiger partial charge in [-0.3, -0.25) is 9.98 Å². The Bertz CT molecular complexity index is 2230. The first-order chi connectivity index (χ1) is 25.8. The minimum Gasteiger partial charge on any atom is -0.497 e. The Labute approximate surface area is 334 Å². The summed E-state index contributed by atoms with van der Waals surface area (Å²) < 4.78 is 7.82. The second kappa shape index (κ2) is 18.4. The van der Waals surface area contributed by atoms with E-state index in [0.29, 0.717) is 39.6 Å². The molecule has 0 aliphatic carbocycles. The molecule has 0 amide bonds. The number of aryl methyl sites for hydroxylation is 2. The fourth-order valence-corrected chi connectivity index (χ4v) is 5.53. The van der Waals surface area contributed by atoms with Gasteiger partial charge in [0.2, 0.25) is 11.8 Å². The molecular formula is C38H32Cl2CoN6O8. The molecule has 0 aliphatic rings. The molecule has 5 N–H and O–H groups in total. The smallest absolute Gasteiger partial charge is 0.337 e. The molecule has 285 valence electrons. The standard InChI is InChI=1S/2C19H16ClN3O4.Co/c1-11-15(10-21-17-14(19(25)26)4-3-5-16(17)20)18(24)23(22-11)12-6-8-13(27-2)9-7-12;1-11-15(9-21-17-14(19(26)27)3-2-4-16(17)20)18(25)23(22-11)13-7-5-12(10-24)6-8-13;/h3-10,24H,1-2H3,(H,25,26);2-9,24-25H,10H2,1H3,(H,26,27);. The number of rotatable bonds is 10. The van der Waals surface area contributed by atoms with Crippen molar-refractivity contribution >= 4 is 58.9 Å². The van der Waals surface area contributed by atoms with Crippen molar-refractivity contribution in [2.45, 2.75) is 20.5 Å². The number of methoxy groups -OCH3 is 1. The molecule has 0 atom stereocenters. The van der Waals surface area contributed by atoms with Gasteiger partial charge in [0.15, 0.2) is 0 Å². The van der Waals surface area contributed by atoms with E-state index in [1.165, 1.54) is 46.1 Å². The number of aliphatic hydroxyl groups is 1. The molecule has 0 saturated heterocycles. The van der Waals surface area contributed by atoms with Gasteiger partial charge < -0.3 is 30.3 Å². The molecule has 6 aromatic rings. The number of benzene rings is 4. The summed E-state index contributed by atoms with van der Waals surface area (Å²) in [5.41, 5.74) is 3.87. The van der Waals surface area contributed by atoms with Crippen LogP contribution in [0.2, 0.25) is 10.0 Å². The third kappa shape index (κ3) is 9.40.